The SMILES string of the molecule is CC(C)(c1ccc(OCc2ccnc(S(C)(=O)=O)n2)cc1)c1cc(Cl)c(OCC(F)(F)CNC(=O)Nc2ccc3c(c2)C(=O)N(C2CCC(=O)NC2=O)C3=O)c(C#N)c1. The summed E-state index contributed by atoms with van der Waals surface area (Å²) >= 11 is 6.49. The lowest BCUT2D eigenvalue weighted by Crippen LogP contribution is -2.54. The van der Waals surface area contributed by atoms with Gasteiger partial charge in [0.25, 0.3) is 17.7 Å². The number of carbonyl (C=O) groups is 5. The van der Waals surface area contributed by atoms with Crippen LogP contribution in [-0.2, 0) is 31.4 Å². The van der Waals surface area contributed by atoms with Gasteiger partial charge >= 0.3 is 6.03 Å². The van der Waals surface area contributed by atoms with Gasteiger partial charge in [-0.05, 0) is 66.1 Å². The van der Waals surface area contributed by atoms with Crippen LogP contribution in [0.15, 0.2) is 72.0 Å². The third-order valence-electron chi connectivity index (χ3n) is 9.50. The van der Waals surface area contributed by atoms with E-state index in [0.29, 0.717) is 17.0 Å². The van der Waals surface area contributed by atoms with E-state index in [1.165, 1.54) is 42.6 Å². The predicted octanol–water partition coefficient (Wildman–Crippen LogP) is 4.55. The van der Waals surface area contributed by atoms with Crippen molar-refractivity contribution < 1.29 is 50.6 Å². The lowest BCUT2D eigenvalue weighted by Gasteiger charge is -2.27. The second-order valence-corrected chi connectivity index (χ2v) is 16.5. The summed E-state index contributed by atoms with van der Waals surface area (Å²) in [6.07, 6.45) is 2.23. The van der Waals surface area contributed by atoms with Crippen LogP contribution in [0.2, 0.25) is 5.02 Å². The number of nitrogens with one attached hydrogen (secondary N) is 3. The summed E-state index contributed by atoms with van der Waals surface area (Å²) in [5, 5.41) is 15.9. The van der Waals surface area contributed by atoms with Gasteiger partial charge in [-0.25, -0.2) is 32.0 Å². The van der Waals surface area contributed by atoms with Crippen molar-refractivity contribution >= 4 is 56.8 Å². The van der Waals surface area contributed by atoms with E-state index in [1.807, 2.05) is 25.2 Å². The monoisotopic (exact) mass is 849 g/mol. The fourth-order valence-corrected chi connectivity index (χ4v) is 7.08. The molecule has 0 saturated carbocycles. The Bertz CT molecular complexity index is 2550. The summed E-state index contributed by atoms with van der Waals surface area (Å²) in [6, 6.07) is 14.9. The number of piperidine rings is 1. The molecule has 0 bridgehead atoms. The number of ether oxygens (including phenoxy) is 2. The largest absolute Gasteiger partial charge is 0.487 e. The molecule has 4 aromatic rings. The molecule has 0 aliphatic carbocycles. The van der Waals surface area contributed by atoms with Gasteiger partial charge in [0.15, 0.2) is 12.4 Å². The van der Waals surface area contributed by atoms with Gasteiger partial charge < -0.3 is 20.1 Å². The van der Waals surface area contributed by atoms with Gasteiger partial charge in [0.05, 0.1) is 34.0 Å². The van der Waals surface area contributed by atoms with Crippen molar-refractivity contribution in [3.8, 4) is 17.6 Å². The van der Waals surface area contributed by atoms with Gasteiger partial charge in [-0.1, -0.05) is 37.6 Å². The quantitative estimate of drug-likeness (QED) is 0.124. The Morgan fingerprint density at radius 1 is 1.02 bits per heavy atom. The molecule has 1 fully saturated rings. The van der Waals surface area contributed by atoms with Crippen molar-refractivity contribution in [1.82, 2.24) is 25.5 Å². The summed E-state index contributed by atoms with van der Waals surface area (Å²) in [7, 11) is -3.59. The first-order valence-corrected chi connectivity index (χ1v) is 19.9. The molecule has 6 amide bonds. The molecule has 306 valence electrons. The average Bonchev–Trinajstić information content (AvgIpc) is 3.43. The third-order valence-corrected chi connectivity index (χ3v) is 10.6. The van der Waals surface area contributed by atoms with Gasteiger partial charge in [0.2, 0.25) is 26.8 Å². The third kappa shape index (κ3) is 9.29. The van der Waals surface area contributed by atoms with Gasteiger partial charge in [0.1, 0.15) is 24.5 Å². The number of alkyl halides is 2. The second kappa shape index (κ2) is 16.4. The smallest absolute Gasteiger partial charge is 0.319 e. The van der Waals surface area contributed by atoms with Crippen LogP contribution >= 0.6 is 11.6 Å². The molecular weight excluding hydrogens is 816 g/mol. The van der Waals surface area contributed by atoms with Gasteiger partial charge in [-0.15, -0.1) is 0 Å². The lowest BCUT2D eigenvalue weighted by molar-refractivity contribution is -0.136. The Hall–Kier alpha value is -6.52. The molecule has 16 nitrogen and oxygen atoms in total. The van der Waals surface area contributed by atoms with E-state index in [2.05, 4.69) is 20.6 Å². The van der Waals surface area contributed by atoms with Crippen LogP contribution in [0, 0.1) is 11.3 Å². The maximum atomic E-state index is 15.0. The minimum absolute atomic E-state index is 0.00459. The van der Waals surface area contributed by atoms with E-state index in [9.17, 15) is 46.4 Å². The van der Waals surface area contributed by atoms with Crippen LogP contribution in [0.5, 0.6) is 11.5 Å². The normalized spacial score (nSPS) is 15.6. The number of sulfone groups is 1. The molecule has 6 rings (SSSR count). The molecule has 20 heteroatoms. The van der Waals surface area contributed by atoms with E-state index < -0.39 is 70.0 Å². The Labute approximate surface area is 340 Å². The summed E-state index contributed by atoms with van der Waals surface area (Å²) < 4.78 is 64.6. The Kier molecular flexibility index (Phi) is 11.7. The van der Waals surface area contributed by atoms with Crippen LogP contribution in [0.4, 0.5) is 19.3 Å². The number of aromatic nitrogens is 2. The molecular formula is C39H34ClF2N7O9S. The summed E-state index contributed by atoms with van der Waals surface area (Å²) in [6.45, 7) is 1.25. The molecule has 2 aliphatic rings. The highest BCUT2D eigenvalue weighted by Crippen LogP contribution is 2.39. The average molecular weight is 850 g/mol. The van der Waals surface area contributed by atoms with Crippen molar-refractivity contribution in [1.29, 1.82) is 5.26 Å². The molecule has 2 aliphatic heterocycles. The molecule has 1 unspecified atom stereocenters. The van der Waals surface area contributed by atoms with Crippen molar-refractivity contribution in [3.63, 3.8) is 0 Å². The van der Waals surface area contributed by atoms with Crippen molar-refractivity contribution in [2.45, 2.75) is 55.8 Å². The number of fused-ring (bicyclic) bond motifs is 1. The fourth-order valence-electron chi connectivity index (χ4n) is 6.27. The minimum atomic E-state index is -3.65. The number of hydrogen-bond acceptors (Lipinski definition) is 12. The van der Waals surface area contributed by atoms with E-state index in [4.69, 9.17) is 21.1 Å². The standard InChI is InChI=1S/C39H34ClF2N7O9S/c1-38(2,22-4-7-26(8-5-22)57-18-25-12-13-44-37(47-25)59(3,55)56)23-14-21(17-43)32(29(40)15-23)58-20-39(41,42)19-45-36(54)46-24-6-9-27-28(16-24)35(53)49(34(27)52)30-10-11-31(50)48-33(30)51/h4-9,12-16,30H,10-11,18-20H2,1-3H3,(H2,45,46,54)(H,48,50,51). The molecule has 1 atom stereocenters. The molecule has 1 saturated heterocycles. The number of benzene rings is 3. The van der Waals surface area contributed by atoms with E-state index in [1.54, 1.807) is 24.3 Å². The van der Waals surface area contributed by atoms with Gasteiger partial charge in [-0.3, -0.25) is 29.4 Å². The highest BCUT2D eigenvalue weighted by atomic mass is 35.5. The van der Waals surface area contributed by atoms with Crippen LogP contribution in [0.3, 0.4) is 0 Å². The first-order valence-electron chi connectivity index (χ1n) is 17.7. The topological polar surface area (TPSA) is 227 Å². The number of hydrogen-bond donors (Lipinski definition) is 3. The number of anilines is 1. The maximum absolute atomic E-state index is 15.0. The van der Waals surface area contributed by atoms with E-state index >= 15 is 0 Å². The Morgan fingerprint density at radius 2 is 1.73 bits per heavy atom. The molecule has 59 heavy (non-hydrogen) atoms. The molecule has 0 spiro atoms. The second-order valence-electron chi connectivity index (χ2n) is 14.1. The molecule has 3 aromatic carbocycles. The van der Waals surface area contributed by atoms with Crippen LogP contribution in [-0.4, -0.2) is 84.3 Å². The maximum Gasteiger partial charge on any atom is 0.319 e. The molecule has 3 heterocycles. The predicted molar refractivity (Wildman–Crippen MR) is 205 cm³/mol. The lowest BCUT2D eigenvalue weighted by atomic mass is 9.77. The first kappa shape index (κ1) is 42.1. The Balaban J connectivity index is 1.04. The van der Waals surface area contributed by atoms with Crippen LogP contribution in [0.1, 0.15) is 69.8 Å². The van der Waals surface area contributed by atoms with Crippen LogP contribution in [0.25, 0.3) is 0 Å². The highest BCUT2D eigenvalue weighted by molar-refractivity contribution is 7.90. The summed E-state index contributed by atoms with van der Waals surface area (Å²) in [5.41, 5.74) is 0.691. The van der Waals surface area contributed by atoms with Crippen molar-refractivity contribution in [3.05, 3.63) is 105 Å². The highest BCUT2D eigenvalue weighted by Gasteiger charge is 2.44. The number of nitrogens with zero attached hydrogens (tertiary/aromatic N) is 4. The van der Waals surface area contributed by atoms with Crippen LogP contribution < -0.4 is 25.4 Å². The fraction of sp³-hybridized carbons (Fsp3) is 0.282. The number of rotatable bonds is 13. The summed E-state index contributed by atoms with van der Waals surface area (Å²) in [5.74, 6) is -6.35. The zero-order valence-electron chi connectivity index (χ0n) is 31.5. The molecule has 3 N–H and O–H groups in total. The minimum Gasteiger partial charge on any atom is -0.487 e. The van der Waals surface area contributed by atoms with E-state index in [-0.39, 0.29) is 57.8 Å². The molecule has 1 aromatic heterocycles. The number of nitriles is 1. The zero-order chi connectivity index (χ0) is 42.9. The number of carbonyl (C=O) groups excluding carboxylic acids is 5. The number of imide groups is 2. The number of amides is 6. The number of halogens is 3. The zero-order valence-corrected chi connectivity index (χ0v) is 33.0. The number of urea groups is 1. The first-order chi connectivity index (χ1) is 27.8. The van der Waals surface area contributed by atoms with Gasteiger partial charge in [0, 0.05) is 30.0 Å². The van der Waals surface area contributed by atoms with Crippen molar-refractivity contribution in [2.24, 2.45) is 0 Å². The Morgan fingerprint density at radius 3 is 2.41 bits per heavy atom. The summed E-state index contributed by atoms with van der Waals surface area (Å²) in [4.78, 5) is 70.9. The van der Waals surface area contributed by atoms with Gasteiger partial charge in [-0.2, -0.15) is 5.26 Å². The molecule has 0 radical (unpaired) electrons. The van der Waals surface area contributed by atoms with Crippen molar-refractivity contribution in [2.75, 3.05) is 24.7 Å². The van der Waals surface area contributed by atoms with E-state index in [0.717, 1.165) is 16.7 Å².